The zero-order chi connectivity index (χ0) is 21.0. The molecule has 0 fully saturated rings. The van der Waals surface area contributed by atoms with Crippen LogP contribution in [0.1, 0.15) is 5.56 Å². The van der Waals surface area contributed by atoms with Gasteiger partial charge in [0.05, 0.1) is 6.54 Å². The van der Waals surface area contributed by atoms with E-state index in [9.17, 15) is 4.39 Å². The molecule has 0 bridgehead atoms. The maximum absolute atomic E-state index is 13.5. The quantitative estimate of drug-likeness (QED) is 0.336. The summed E-state index contributed by atoms with van der Waals surface area (Å²) in [6, 6.07) is 29.1. The summed E-state index contributed by atoms with van der Waals surface area (Å²) < 4.78 is 15.4. The van der Waals surface area contributed by atoms with E-state index in [1.54, 1.807) is 24.5 Å². The van der Waals surface area contributed by atoms with E-state index in [2.05, 4.69) is 47.6 Å². The standard InChI is InChI=1S/C27H20FN3/c28-24-12-10-22(11-13-24)27-26(21-14-16-29-17-15-21)19-31(30-27)18-23-8-4-5-9-25(23)20-6-2-1-3-7-20/h1-17,19H,18H2. The van der Waals surface area contributed by atoms with Crippen LogP contribution in [0.25, 0.3) is 33.5 Å². The van der Waals surface area contributed by atoms with Gasteiger partial charge in [-0.15, -0.1) is 0 Å². The fourth-order valence-electron chi connectivity index (χ4n) is 3.80. The van der Waals surface area contributed by atoms with Crippen LogP contribution in [0.15, 0.2) is 110 Å². The predicted octanol–water partition coefficient (Wildman–Crippen LogP) is 6.47. The van der Waals surface area contributed by atoms with Crippen LogP contribution < -0.4 is 0 Å². The molecule has 3 aromatic carbocycles. The Morgan fingerprint density at radius 2 is 1.32 bits per heavy atom. The second-order valence-electron chi connectivity index (χ2n) is 7.35. The van der Waals surface area contributed by atoms with Gasteiger partial charge in [-0.1, -0.05) is 54.6 Å². The smallest absolute Gasteiger partial charge is 0.123 e. The summed E-state index contributed by atoms with van der Waals surface area (Å²) in [7, 11) is 0. The molecular formula is C27H20FN3. The lowest BCUT2D eigenvalue weighted by atomic mass is 10.00. The highest BCUT2D eigenvalue weighted by atomic mass is 19.1. The molecule has 0 N–H and O–H groups in total. The lowest BCUT2D eigenvalue weighted by Crippen LogP contribution is -2.02. The number of aromatic nitrogens is 3. The summed E-state index contributed by atoms with van der Waals surface area (Å²) in [6.07, 6.45) is 5.59. The summed E-state index contributed by atoms with van der Waals surface area (Å²) in [6.45, 7) is 0.629. The molecule has 4 heteroatoms. The van der Waals surface area contributed by atoms with Crippen LogP contribution in [0.2, 0.25) is 0 Å². The van der Waals surface area contributed by atoms with Gasteiger partial charge in [-0.05, 0) is 58.7 Å². The molecule has 3 nitrogen and oxygen atoms in total. The third-order valence-electron chi connectivity index (χ3n) is 5.31. The van der Waals surface area contributed by atoms with Crippen LogP contribution in [0, 0.1) is 5.82 Å². The molecule has 5 rings (SSSR count). The van der Waals surface area contributed by atoms with Crippen molar-refractivity contribution >= 4 is 0 Å². The Balaban J connectivity index is 1.58. The van der Waals surface area contributed by atoms with Gasteiger partial charge in [0.15, 0.2) is 0 Å². The molecule has 2 heterocycles. The number of halogens is 1. The molecule has 0 amide bonds. The van der Waals surface area contributed by atoms with Gasteiger partial charge in [0.1, 0.15) is 11.5 Å². The Kier molecular flexibility index (Phi) is 5.11. The Bertz CT molecular complexity index is 1290. The van der Waals surface area contributed by atoms with Crippen LogP contribution in [-0.4, -0.2) is 14.8 Å². The summed E-state index contributed by atoms with van der Waals surface area (Å²) in [5, 5.41) is 4.89. The summed E-state index contributed by atoms with van der Waals surface area (Å²) >= 11 is 0. The number of benzene rings is 3. The molecule has 0 aliphatic rings. The molecule has 0 saturated heterocycles. The van der Waals surface area contributed by atoms with Crippen LogP contribution in [0.4, 0.5) is 4.39 Å². The van der Waals surface area contributed by atoms with Gasteiger partial charge in [-0.2, -0.15) is 5.10 Å². The fourth-order valence-corrected chi connectivity index (χ4v) is 3.80. The first-order valence-electron chi connectivity index (χ1n) is 10.1. The van der Waals surface area contributed by atoms with E-state index in [0.717, 1.165) is 22.4 Å². The molecule has 0 radical (unpaired) electrons. The molecule has 0 saturated carbocycles. The van der Waals surface area contributed by atoms with Crippen LogP contribution in [0.3, 0.4) is 0 Å². The third-order valence-corrected chi connectivity index (χ3v) is 5.31. The number of hydrogen-bond donors (Lipinski definition) is 0. The van der Waals surface area contributed by atoms with Crippen molar-refractivity contribution in [3.05, 3.63) is 121 Å². The maximum Gasteiger partial charge on any atom is 0.123 e. The van der Waals surface area contributed by atoms with Crippen molar-refractivity contribution in [3.63, 3.8) is 0 Å². The summed E-state index contributed by atoms with van der Waals surface area (Å²) in [4.78, 5) is 4.13. The van der Waals surface area contributed by atoms with Crippen LogP contribution >= 0.6 is 0 Å². The van der Waals surface area contributed by atoms with Gasteiger partial charge in [-0.25, -0.2) is 4.39 Å². The van der Waals surface area contributed by atoms with E-state index >= 15 is 0 Å². The van der Waals surface area contributed by atoms with Crippen molar-refractivity contribution < 1.29 is 4.39 Å². The first-order chi connectivity index (χ1) is 15.3. The van der Waals surface area contributed by atoms with Gasteiger partial charge in [0, 0.05) is 29.7 Å². The van der Waals surface area contributed by atoms with Crippen molar-refractivity contribution in [2.75, 3.05) is 0 Å². The monoisotopic (exact) mass is 405 g/mol. The second kappa shape index (κ2) is 8.36. The Morgan fingerprint density at radius 3 is 2.10 bits per heavy atom. The van der Waals surface area contributed by atoms with E-state index < -0.39 is 0 Å². The minimum Gasteiger partial charge on any atom is -0.267 e. The van der Waals surface area contributed by atoms with Gasteiger partial charge < -0.3 is 0 Å². The summed E-state index contributed by atoms with van der Waals surface area (Å²) in [5.41, 5.74) is 7.27. The fraction of sp³-hybridized carbons (Fsp3) is 0.0370. The average Bonchev–Trinajstić information content (AvgIpc) is 3.25. The number of pyridine rings is 1. The predicted molar refractivity (Wildman–Crippen MR) is 122 cm³/mol. The first kappa shape index (κ1) is 18.9. The second-order valence-corrected chi connectivity index (χ2v) is 7.35. The minimum atomic E-state index is -0.259. The SMILES string of the molecule is Fc1ccc(-c2nn(Cc3ccccc3-c3ccccc3)cc2-c2ccncc2)cc1. The van der Waals surface area contributed by atoms with E-state index in [1.807, 2.05) is 35.0 Å². The van der Waals surface area contributed by atoms with Crippen molar-refractivity contribution in [2.24, 2.45) is 0 Å². The molecule has 31 heavy (non-hydrogen) atoms. The lowest BCUT2D eigenvalue weighted by molar-refractivity contribution is 0.628. The summed E-state index contributed by atoms with van der Waals surface area (Å²) in [5.74, 6) is -0.259. The van der Waals surface area contributed by atoms with Gasteiger partial charge >= 0.3 is 0 Å². The zero-order valence-corrected chi connectivity index (χ0v) is 16.8. The van der Waals surface area contributed by atoms with E-state index in [0.29, 0.717) is 6.54 Å². The average molecular weight is 405 g/mol. The third kappa shape index (κ3) is 4.01. The maximum atomic E-state index is 13.5. The lowest BCUT2D eigenvalue weighted by Gasteiger charge is -2.10. The molecule has 0 spiro atoms. The topological polar surface area (TPSA) is 30.7 Å². The molecule has 0 aliphatic heterocycles. The number of nitrogens with zero attached hydrogens (tertiary/aromatic N) is 3. The Labute approximate surface area is 180 Å². The van der Waals surface area contributed by atoms with E-state index in [1.165, 1.54) is 28.8 Å². The Hall–Kier alpha value is -4.05. The normalized spacial score (nSPS) is 10.9. The van der Waals surface area contributed by atoms with Crippen LogP contribution in [-0.2, 0) is 6.54 Å². The van der Waals surface area contributed by atoms with Gasteiger partial charge in [0.25, 0.3) is 0 Å². The molecule has 2 aromatic heterocycles. The molecule has 150 valence electrons. The van der Waals surface area contributed by atoms with E-state index in [-0.39, 0.29) is 5.82 Å². The highest BCUT2D eigenvalue weighted by Gasteiger charge is 2.14. The Morgan fingerprint density at radius 1 is 0.645 bits per heavy atom. The van der Waals surface area contributed by atoms with Crippen molar-refractivity contribution in [1.29, 1.82) is 0 Å². The molecule has 5 aromatic rings. The molecule has 0 atom stereocenters. The van der Waals surface area contributed by atoms with Crippen molar-refractivity contribution in [2.45, 2.75) is 6.54 Å². The van der Waals surface area contributed by atoms with Gasteiger partial charge in [0.2, 0.25) is 0 Å². The van der Waals surface area contributed by atoms with E-state index in [4.69, 9.17) is 5.10 Å². The largest absolute Gasteiger partial charge is 0.267 e. The molecule has 0 unspecified atom stereocenters. The van der Waals surface area contributed by atoms with Crippen molar-refractivity contribution in [3.8, 4) is 33.5 Å². The highest BCUT2D eigenvalue weighted by Crippen LogP contribution is 2.32. The number of hydrogen-bond acceptors (Lipinski definition) is 2. The van der Waals surface area contributed by atoms with Crippen molar-refractivity contribution in [1.82, 2.24) is 14.8 Å². The highest BCUT2D eigenvalue weighted by molar-refractivity contribution is 5.80. The molecule has 0 aliphatic carbocycles. The van der Waals surface area contributed by atoms with Gasteiger partial charge in [-0.3, -0.25) is 9.67 Å². The molecular weight excluding hydrogens is 385 g/mol. The number of rotatable bonds is 5. The van der Waals surface area contributed by atoms with Crippen LogP contribution in [0.5, 0.6) is 0 Å². The first-order valence-corrected chi connectivity index (χ1v) is 10.1. The zero-order valence-electron chi connectivity index (χ0n) is 16.8. The minimum absolute atomic E-state index is 0.259.